The minimum absolute atomic E-state index is 0.129. The van der Waals surface area contributed by atoms with Gasteiger partial charge in [-0.05, 0) is 15.9 Å². The summed E-state index contributed by atoms with van der Waals surface area (Å²) in [6.45, 7) is 0. The topological polar surface area (TPSA) is 71.8 Å². The predicted molar refractivity (Wildman–Crippen MR) is 50.4 cm³/mol. The van der Waals surface area contributed by atoms with Crippen molar-refractivity contribution in [3.63, 3.8) is 0 Å². The number of H-pyrrole nitrogens is 1. The number of hydrogen-bond donors (Lipinski definition) is 1. The van der Waals surface area contributed by atoms with E-state index in [0.29, 0.717) is 4.47 Å². The van der Waals surface area contributed by atoms with Gasteiger partial charge < -0.3 is 0 Å². The lowest BCUT2D eigenvalue weighted by atomic mass is 10.2. The number of rotatable bonds is 1. The normalized spacial score (nSPS) is 10.7. The first-order chi connectivity index (χ1) is 6.59. The van der Waals surface area contributed by atoms with E-state index in [1.54, 1.807) is 0 Å². The molecule has 0 bridgehead atoms. The van der Waals surface area contributed by atoms with Crippen LogP contribution in [0.25, 0.3) is 10.9 Å². The van der Waals surface area contributed by atoms with E-state index in [-0.39, 0.29) is 16.6 Å². The van der Waals surface area contributed by atoms with Crippen molar-refractivity contribution in [3.8, 4) is 0 Å². The third-order valence-corrected chi connectivity index (χ3v) is 2.38. The molecule has 14 heavy (non-hydrogen) atoms. The van der Waals surface area contributed by atoms with Crippen LogP contribution < -0.4 is 0 Å². The summed E-state index contributed by atoms with van der Waals surface area (Å²) in [5, 5.41) is 16.4. The first-order valence-corrected chi connectivity index (χ1v) is 4.36. The average molecular weight is 260 g/mol. The van der Waals surface area contributed by atoms with Gasteiger partial charge in [-0.1, -0.05) is 0 Å². The third kappa shape index (κ3) is 1.25. The van der Waals surface area contributed by atoms with Crippen LogP contribution in [-0.4, -0.2) is 15.1 Å². The fourth-order valence-corrected chi connectivity index (χ4v) is 1.77. The number of fused-ring (bicyclic) bond motifs is 1. The Morgan fingerprint density at radius 1 is 1.57 bits per heavy atom. The Morgan fingerprint density at radius 2 is 2.29 bits per heavy atom. The number of hydrogen-bond acceptors (Lipinski definition) is 3. The molecule has 0 amide bonds. The van der Waals surface area contributed by atoms with Gasteiger partial charge in [-0.15, -0.1) is 0 Å². The second-order valence-corrected chi connectivity index (χ2v) is 3.47. The van der Waals surface area contributed by atoms with E-state index in [0.717, 1.165) is 0 Å². The Labute approximate surface area is 85.2 Å². The number of non-ortho nitro benzene ring substituents is 1. The molecule has 0 spiro atoms. The van der Waals surface area contributed by atoms with E-state index in [2.05, 4.69) is 26.1 Å². The molecule has 0 unspecified atom stereocenters. The highest BCUT2D eigenvalue weighted by molar-refractivity contribution is 9.10. The van der Waals surface area contributed by atoms with Crippen molar-refractivity contribution in [3.05, 3.63) is 32.7 Å². The number of nitro groups is 1. The molecular weight excluding hydrogens is 257 g/mol. The van der Waals surface area contributed by atoms with Crippen LogP contribution in [0, 0.1) is 16.1 Å². The summed E-state index contributed by atoms with van der Waals surface area (Å²) >= 11 is 3.04. The van der Waals surface area contributed by atoms with Crippen LogP contribution in [0.5, 0.6) is 0 Å². The zero-order valence-corrected chi connectivity index (χ0v) is 8.21. The zero-order chi connectivity index (χ0) is 10.3. The minimum Gasteiger partial charge on any atom is -0.258 e. The van der Waals surface area contributed by atoms with Crippen molar-refractivity contribution in [1.29, 1.82) is 0 Å². The van der Waals surface area contributed by atoms with Crippen molar-refractivity contribution < 1.29 is 9.31 Å². The molecule has 0 atom stereocenters. The summed E-state index contributed by atoms with van der Waals surface area (Å²) in [5.74, 6) is -0.609. The molecule has 72 valence electrons. The van der Waals surface area contributed by atoms with E-state index >= 15 is 0 Å². The van der Waals surface area contributed by atoms with Crippen molar-refractivity contribution in [2.75, 3.05) is 0 Å². The molecule has 0 aliphatic heterocycles. The smallest absolute Gasteiger partial charge is 0.258 e. The highest BCUT2D eigenvalue weighted by atomic mass is 79.9. The number of nitro benzene ring substituents is 1. The van der Waals surface area contributed by atoms with Crippen LogP contribution in [0.4, 0.5) is 10.1 Å². The molecule has 1 aromatic carbocycles. The summed E-state index contributed by atoms with van der Waals surface area (Å²) in [6.07, 6.45) is 0. The summed E-state index contributed by atoms with van der Waals surface area (Å²) in [6, 6.07) is 2.45. The molecule has 2 aromatic rings. The molecule has 5 nitrogen and oxygen atoms in total. The van der Waals surface area contributed by atoms with Gasteiger partial charge in [0.15, 0.2) is 0 Å². The first kappa shape index (κ1) is 9.07. The lowest BCUT2D eigenvalue weighted by molar-refractivity contribution is -0.384. The Morgan fingerprint density at radius 3 is 2.93 bits per heavy atom. The molecule has 1 aromatic heterocycles. The summed E-state index contributed by atoms with van der Waals surface area (Å²) in [7, 11) is 0. The Kier molecular flexibility index (Phi) is 1.95. The summed E-state index contributed by atoms with van der Waals surface area (Å²) in [4.78, 5) is 9.90. The second-order valence-electron chi connectivity index (χ2n) is 2.62. The monoisotopic (exact) mass is 259 g/mol. The quantitative estimate of drug-likeness (QED) is 0.631. The minimum atomic E-state index is -0.609. The molecule has 0 fully saturated rings. The maximum atomic E-state index is 13.0. The molecule has 1 heterocycles. The van der Waals surface area contributed by atoms with Crippen LogP contribution in [0.15, 0.2) is 16.6 Å². The fourth-order valence-electron chi connectivity index (χ4n) is 1.15. The molecule has 7 heteroatoms. The number of nitrogens with zero attached hydrogens (tertiary/aromatic N) is 2. The van der Waals surface area contributed by atoms with Gasteiger partial charge in [0.05, 0.1) is 10.3 Å². The van der Waals surface area contributed by atoms with Crippen LogP contribution in [0.3, 0.4) is 0 Å². The van der Waals surface area contributed by atoms with Crippen molar-refractivity contribution in [1.82, 2.24) is 10.2 Å². The van der Waals surface area contributed by atoms with E-state index in [1.807, 2.05) is 0 Å². The van der Waals surface area contributed by atoms with Gasteiger partial charge in [-0.3, -0.25) is 15.2 Å². The van der Waals surface area contributed by atoms with E-state index in [9.17, 15) is 14.5 Å². The van der Waals surface area contributed by atoms with Crippen LogP contribution in [0.2, 0.25) is 0 Å². The van der Waals surface area contributed by atoms with Gasteiger partial charge in [-0.2, -0.15) is 9.49 Å². The van der Waals surface area contributed by atoms with Crippen LogP contribution >= 0.6 is 15.9 Å². The predicted octanol–water partition coefficient (Wildman–Crippen LogP) is 2.37. The standard InChI is InChI=1S/C7H3BrFN3O2/c8-4-1-3(12(13)14)2-5-6(4)7(9)11-10-5/h1-2H,(H,10,11). The number of aromatic amines is 1. The summed E-state index contributed by atoms with van der Waals surface area (Å²) in [5.41, 5.74) is 0.0967. The number of nitrogens with one attached hydrogen (secondary N) is 1. The maximum absolute atomic E-state index is 13.0. The lowest BCUT2D eigenvalue weighted by Gasteiger charge is -1.94. The molecular formula is C7H3BrFN3O2. The number of halogens is 2. The molecule has 1 N–H and O–H groups in total. The van der Waals surface area contributed by atoms with Crippen molar-refractivity contribution in [2.24, 2.45) is 0 Å². The average Bonchev–Trinajstić information content (AvgIpc) is 2.48. The summed E-state index contributed by atoms with van der Waals surface area (Å²) < 4.78 is 13.3. The molecule has 2 rings (SSSR count). The van der Waals surface area contributed by atoms with Gasteiger partial charge in [-0.25, -0.2) is 0 Å². The molecule has 0 aliphatic rings. The molecule has 0 aliphatic carbocycles. The third-order valence-electron chi connectivity index (χ3n) is 1.76. The Balaban J connectivity index is 2.80. The Hall–Kier alpha value is -1.50. The van der Waals surface area contributed by atoms with Gasteiger partial charge in [0.25, 0.3) is 5.69 Å². The van der Waals surface area contributed by atoms with E-state index < -0.39 is 10.9 Å². The second kappa shape index (κ2) is 3.02. The van der Waals surface area contributed by atoms with Gasteiger partial charge in [0, 0.05) is 16.6 Å². The van der Waals surface area contributed by atoms with Crippen molar-refractivity contribution in [2.45, 2.75) is 0 Å². The number of benzene rings is 1. The van der Waals surface area contributed by atoms with Gasteiger partial charge in [0.2, 0.25) is 5.95 Å². The van der Waals surface area contributed by atoms with Gasteiger partial charge in [0.1, 0.15) is 5.52 Å². The SMILES string of the molecule is O=[N+]([O-])c1cc(Br)c2c(F)[nH]nc2c1. The van der Waals surface area contributed by atoms with Crippen LogP contribution in [0.1, 0.15) is 0 Å². The lowest BCUT2D eigenvalue weighted by Crippen LogP contribution is -1.87. The van der Waals surface area contributed by atoms with Crippen molar-refractivity contribution >= 4 is 32.5 Å². The van der Waals surface area contributed by atoms with Crippen LogP contribution in [-0.2, 0) is 0 Å². The van der Waals surface area contributed by atoms with Gasteiger partial charge >= 0.3 is 0 Å². The highest BCUT2D eigenvalue weighted by Crippen LogP contribution is 2.29. The molecule has 0 saturated heterocycles. The molecule has 0 saturated carbocycles. The largest absolute Gasteiger partial charge is 0.272 e. The first-order valence-electron chi connectivity index (χ1n) is 3.57. The molecule has 0 radical (unpaired) electrons. The van der Waals surface area contributed by atoms with E-state index in [4.69, 9.17) is 0 Å². The van der Waals surface area contributed by atoms with E-state index in [1.165, 1.54) is 12.1 Å². The maximum Gasteiger partial charge on any atom is 0.272 e. The Bertz CT molecular complexity index is 525. The highest BCUT2D eigenvalue weighted by Gasteiger charge is 2.15. The zero-order valence-electron chi connectivity index (χ0n) is 6.62. The fraction of sp³-hybridized carbons (Fsp3) is 0. The number of aromatic nitrogens is 2.